The van der Waals surface area contributed by atoms with Crippen molar-refractivity contribution in [2.24, 2.45) is 5.92 Å². The molecule has 0 aliphatic heterocycles. The maximum absolute atomic E-state index is 10.5. The molecule has 1 aromatic carbocycles. The van der Waals surface area contributed by atoms with Crippen molar-refractivity contribution in [3.63, 3.8) is 0 Å². The SMILES string of the molecule is COc1ccc(Cl)cc1C1CC(CCC(=O)O)C1. The van der Waals surface area contributed by atoms with Crippen LogP contribution < -0.4 is 4.74 Å². The molecular formula is C14H17ClO3. The summed E-state index contributed by atoms with van der Waals surface area (Å²) < 4.78 is 5.34. The van der Waals surface area contributed by atoms with Gasteiger partial charge in [-0.25, -0.2) is 0 Å². The second-order valence-corrected chi connectivity index (χ2v) is 5.29. The number of hydrogen-bond donors (Lipinski definition) is 1. The highest BCUT2D eigenvalue weighted by Gasteiger charge is 2.32. The molecule has 1 N–H and O–H groups in total. The van der Waals surface area contributed by atoms with Crippen LogP contribution in [0, 0.1) is 5.92 Å². The number of methoxy groups -OCH3 is 1. The Hall–Kier alpha value is -1.22. The van der Waals surface area contributed by atoms with E-state index < -0.39 is 5.97 Å². The molecule has 1 fully saturated rings. The minimum Gasteiger partial charge on any atom is -0.496 e. The number of ether oxygens (including phenoxy) is 1. The van der Waals surface area contributed by atoms with Crippen LogP contribution >= 0.6 is 11.6 Å². The van der Waals surface area contributed by atoms with Crippen LogP contribution in [-0.4, -0.2) is 18.2 Å². The molecule has 0 radical (unpaired) electrons. The van der Waals surface area contributed by atoms with E-state index in [1.54, 1.807) is 7.11 Å². The molecule has 0 bridgehead atoms. The Bertz CT molecular complexity index is 439. The second kappa shape index (κ2) is 5.61. The van der Waals surface area contributed by atoms with E-state index in [2.05, 4.69) is 0 Å². The Kier molecular flexibility index (Phi) is 4.12. The zero-order valence-electron chi connectivity index (χ0n) is 10.4. The first kappa shape index (κ1) is 13.2. The zero-order chi connectivity index (χ0) is 13.1. The van der Waals surface area contributed by atoms with Gasteiger partial charge < -0.3 is 9.84 Å². The summed E-state index contributed by atoms with van der Waals surface area (Å²) in [7, 11) is 1.66. The number of carboxylic acid groups (broad SMARTS) is 1. The standard InChI is InChI=1S/C14H17ClO3/c1-18-13-4-3-11(15)8-12(13)10-6-9(7-10)2-5-14(16)17/h3-4,8-10H,2,5-7H2,1H3,(H,16,17). The number of hydrogen-bond acceptors (Lipinski definition) is 2. The van der Waals surface area contributed by atoms with Gasteiger partial charge in [-0.05, 0) is 54.9 Å². The first-order chi connectivity index (χ1) is 8.60. The van der Waals surface area contributed by atoms with Crippen LogP contribution in [0.2, 0.25) is 5.02 Å². The molecule has 98 valence electrons. The van der Waals surface area contributed by atoms with Crippen molar-refractivity contribution < 1.29 is 14.6 Å². The van der Waals surface area contributed by atoms with Gasteiger partial charge in [0.25, 0.3) is 0 Å². The normalized spacial score (nSPS) is 22.3. The lowest BCUT2D eigenvalue weighted by molar-refractivity contribution is -0.137. The maximum Gasteiger partial charge on any atom is 0.303 e. The summed E-state index contributed by atoms with van der Waals surface area (Å²) in [6.45, 7) is 0. The smallest absolute Gasteiger partial charge is 0.303 e. The number of aliphatic carboxylic acids is 1. The predicted octanol–water partition coefficient (Wildman–Crippen LogP) is 3.71. The van der Waals surface area contributed by atoms with Crippen LogP contribution in [0.3, 0.4) is 0 Å². The molecule has 0 aromatic heterocycles. The van der Waals surface area contributed by atoms with Crippen LogP contribution in [-0.2, 0) is 4.79 Å². The van der Waals surface area contributed by atoms with E-state index in [-0.39, 0.29) is 6.42 Å². The van der Waals surface area contributed by atoms with Crippen molar-refractivity contribution in [1.29, 1.82) is 0 Å². The van der Waals surface area contributed by atoms with Crippen molar-refractivity contribution in [2.75, 3.05) is 7.11 Å². The van der Waals surface area contributed by atoms with Crippen LogP contribution in [0.1, 0.15) is 37.2 Å². The summed E-state index contributed by atoms with van der Waals surface area (Å²) in [5.74, 6) is 1.15. The summed E-state index contributed by atoms with van der Waals surface area (Å²) >= 11 is 6.00. The molecule has 0 unspecified atom stereocenters. The third-order valence-electron chi connectivity index (χ3n) is 3.63. The van der Waals surface area contributed by atoms with Crippen LogP contribution in [0.4, 0.5) is 0 Å². The molecule has 0 heterocycles. The van der Waals surface area contributed by atoms with Gasteiger partial charge in [0, 0.05) is 11.4 Å². The molecule has 0 spiro atoms. The molecule has 1 aliphatic rings. The van der Waals surface area contributed by atoms with Gasteiger partial charge in [0.05, 0.1) is 7.11 Å². The first-order valence-corrected chi connectivity index (χ1v) is 6.53. The predicted molar refractivity (Wildman–Crippen MR) is 70.3 cm³/mol. The molecule has 1 aliphatic carbocycles. The van der Waals surface area contributed by atoms with Gasteiger partial charge in [-0.1, -0.05) is 11.6 Å². The van der Waals surface area contributed by atoms with Crippen molar-refractivity contribution in [1.82, 2.24) is 0 Å². The van der Waals surface area contributed by atoms with E-state index in [4.69, 9.17) is 21.4 Å². The largest absolute Gasteiger partial charge is 0.496 e. The van der Waals surface area contributed by atoms with E-state index in [0.717, 1.165) is 35.6 Å². The number of halogens is 1. The Morgan fingerprint density at radius 1 is 1.50 bits per heavy atom. The number of rotatable bonds is 5. The van der Waals surface area contributed by atoms with Gasteiger partial charge in [-0.15, -0.1) is 0 Å². The average Bonchev–Trinajstić information content (AvgIpc) is 2.26. The molecule has 1 aromatic rings. The lowest BCUT2D eigenvalue weighted by Gasteiger charge is -2.36. The Morgan fingerprint density at radius 3 is 2.83 bits per heavy atom. The molecule has 3 nitrogen and oxygen atoms in total. The molecule has 2 rings (SSSR count). The van der Waals surface area contributed by atoms with E-state index in [1.165, 1.54) is 0 Å². The van der Waals surface area contributed by atoms with Crippen LogP contribution in [0.25, 0.3) is 0 Å². The fourth-order valence-electron chi connectivity index (χ4n) is 2.58. The lowest BCUT2D eigenvalue weighted by atomic mass is 9.69. The van der Waals surface area contributed by atoms with Crippen molar-refractivity contribution in [3.05, 3.63) is 28.8 Å². The van der Waals surface area contributed by atoms with E-state index in [1.807, 2.05) is 18.2 Å². The molecule has 1 saturated carbocycles. The summed E-state index contributed by atoms with van der Waals surface area (Å²) in [5, 5.41) is 9.37. The molecule has 0 amide bonds. The number of carbonyl (C=O) groups is 1. The van der Waals surface area contributed by atoms with Gasteiger partial charge in [-0.2, -0.15) is 0 Å². The van der Waals surface area contributed by atoms with Crippen molar-refractivity contribution >= 4 is 17.6 Å². The molecule has 4 heteroatoms. The first-order valence-electron chi connectivity index (χ1n) is 6.15. The molecule has 0 saturated heterocycles. The summed E-state index contributed by atoms with van der Waals surface area (Å²) in [6.07, 6.45) is 3.10. The topological polar surface area (TPSA) is 46.5 Å². The lowest BCUT2D eigenvalue weighted by Crippen LogP contribution is -2.23. The Balaban J connectivity index is 1.95. The summed E-state index contributed by atoms with van der Waals surface area (Å²) in [6, 6.07) is 5.67. The molecule has 0 atom stereocenters. The summed E-state index contributed by atoms with van der Waals surface area (Å²) in [4.78, 5) is 10.5. The van der Waals surface area contributed by atoms with Gasteiger partial charge >= 0.3 is 5.97 Å². The van der Waals surface area contributed by atoms with E-state index >= 15 is 0 Å². The number of benzene rings is 1. The maximum atomic E-state index is 10.5. The van der Waals surface area contributed by atoms with Gasteiger partial charge in [0.1, 0.15) is 5.75 Å². The van der Waals surface area contributed by atoms with Crippen LogP contribution in [0.5, 0.6) is 5.75 Å². The monoisotopic (exact) mass is 268 g/mol. The third-order valence-corrected chi connectivity index (χ3v) is 3.87. The number of carboxylic acids is 1. The van der Waals surface area contributed by atoms with E-state index in [0.29, 0.717) is 11.8 Å². The van der Waals surface area contributed by atoms with Crippen molar-refractivity contribution in [2.45, 2.75) is 31.6 Å². The minimum absolute atomic E-state index is 0.268. The fourth-order valence-corrected chi connectivity index (χ4v) is 2.76. The minimum atomic E-state index is -0.709. The van der Waals surface area contributed by atoms with Gasteiger partial charge in [0.2, 0.25) is 0 Å². The van der Waals surface area contributed by atoms with Gasteiger partial charge in [-0.3, -0.25) is 4.79 Å². The second-order valence-electron chi connectivity index (χ2n) is 4.85. The Labute approximate surface area is 112 Å². The highest BCUT2D eigenvalue weighted by Crippen LogP contribution is 2.47. The third kappa shape index (κ3) is 2.96. The van der Waals surface area contributed by atoms with Crippen LogP contribution in [0.15, 0.2) is 18.2 Å². The fraction of sp³-hybridized carbons (Fsp3) is 0.500. The van der Waals surface area contributed by atoms with Crippen molar-refractivity contribution in [3.8, 4) is 5.75 Å². The van der Waals surface area contributed by atoms with E-state index in [9.17, 15) is 4.79 Å². The highest BCUT2D eigenvalue weighted by molar-refractivity contribution is 6.30. The van der Waals surface area contributed by atoms with Gasteiger partial charge in [0.15, 0.2) is 0 Å². The molecule has 18 heavy (non-hydrogen) atoms. The zero-order valence-corrected chi connectivity index (χ0v) is 11.1. The average molecular weight is 269 g/mol. The summed E-state index contributed by atoms with van der Waals surface area (Å²) in [5.41, 5.74) is 1.15. The molecular weight excluding hydrogens is 252 g/mol. The quantitative estimate of drug-likeness (QED) is 0.886. The highest BCUT2D eigenvalue weighted by atomic mass is 35.5. The Morgan fingerprint density at radius 2 is 2.22 bits per heavy atom.